The molecule has 1 aromatic heterocycles. The van der Waals surface area contributed by atoms with Gasteiger partial charge in [-0.2, -0.15) is 5.26 Å². The Bertz CT molecular complexity index is 664. The van der Waals surface area contributed by atoms with E-state index in [1.165, 1.54) is 0 Å². The van der Waals surface area contributed by atoms with E-state index < -0.39 is 0 Å². The van der Waals surface area contributed by atoms with Crippen molar-refractivity contribution >= 4 is 16.6 Å². The fraction of sp³-hybridized carbons (Fsp3) is 0.375. The first-order chi connectivity index (χ1) is 9.69. The molecule has 4 nitrogen and oxygen atoms in total. The molecule has 2 N–H and O–H groups in total. The van der Waals surface area contributed by atoms with Gasteiger partial charge in [0.2, 0.25) is 0 Å². The summed E-state index contributed by atoms with van der Waals surface area (Å²) >= 11 is 0. The highest BCUT2D eigenvalue weighted by atomic mass is 15.2. The number of aromatic nitrogens is 1. The van der Waals surface area contributed by atoms with Gasteiger partial charge in [-0.25, -0.2) is 0 Å². The predicted octanol–water partition coefficient (Wildman–Crippen LogP) is 2.28. The standard InChI is InChI=1S/C16H18N4/c1-11-7-13(18)10-20(9-11)15-5-4-12(8-17)16-14(15)3-2-6-19-16/h2-6,11,13H,7,9-10,18H2,1H3/t11-,13+/m0/s1. The second-order valence-electron chi connectivity index (χ2n) is 5.65. The molecule has 2 atom stereocenters. The summed E-state index contributed by atoms with van der Waals surface area (Å²) in [5, 5.41) is 10.2. The number of hydrogen-bond donors (Lipinski definition) is 1. The Hall–Kier alpha value is -2.12. The zero-order chi connectivity index (χ0) is 14.1. The lowest BCUT2D eigenvalue weighted by Gasteiger charge is -2.37. The molecule has 102 valence electrons. The topological polar surface area (TPSA) is 65.9 Å². The van der Waals surface area contributed by atoms with E-state index in [0.717, 1.165) is 36.1 Å². The van der Waals surface area contributed by atoms with Crippen molar-refractivity contribution in [3.8, 4) is 6.07 Å². The predicted molar refractivity (Wildman–Crippen MR) is 80.4 cm³/mol. The second kappa shape index (κ2) is 5.10. The van der Waals surface area contributed by atoms with Crippen LogP contribution in [-0.2, 0) is 0 Å². The number of rotatable bonds is 1. The van der Waals surface area contributed by atoms with Crippen molar-refractivity contribution in [2.45, 2.75) is 19.4 Å². The number of nitrogens with two attached hydrogens (primary N) is 1. The number of fused-ring (bicyclic) bond motifs is 1. The summed E-state index contributed by atoms with van der Waals surface area (Å²) < 4.78 is 0. The molecule has 0 amide bonds. The van der Waals surface area contributed by atoms with Crippen molar-refractivity contribution in [1.29, 1.82) is 5.26 Å². The maximum absolute atomic E-state index is 9.20. The zero-order valence-electron chi connectivity index (χ0n) is 11.6. The number of pyridine rings is 1. The highest BCUT2D eigenvalue weighted by molar-refractivity contribution is 5.95. The largest absolute Gasteiger partial charge is 0.369 e. The minimum atomic E-state index is 0.209. The van der Waals surface area contributed by atoms with E-state index in [9.17, 15) is 5.26 Å². The first-order valence-electron chi connectivity index (χ1n) is 6.97. The van der Waals surface area contributed by atoms with E-state index in [1.807, 2.05) is 24.3 Å². The number of nitriles is 1. The maximum Gasteiger partial charge on any atom is 0.101 e. The lowest BCUT2D eigenvalue weighted by atomic mass is 9.95. The van der Waals surface area contributed by atoms with Gasteiger partial charge in [0, 0.05) is 36.4 Å². The third kappa shape index (κ3) is 2.21. The number of hydrogen-bond acceptors (Lipinski definition) is 4. The van der Waals surface area contributed by atoms with E-state index in [-0.39, 0.29) is 6.04 Å². The van der Waals surface area contributed by atoms with Crippen LogP contribution < -0.4 is 10.6 Å². The molecular weight excluding hydrogens is 248 g/mol. The molecule has 0 spiro atoms. The SMILES string of the molecule is C[C@H]1C[C@@H](N)CN(c2ccc(C#N)c3ncccc23)C1. The van der Waals surface area contributed by atoms with Crippen LogP contribution in [0.1, 0.15) is 18.9 Å². The third-order valence-electron chi connectivity index (χ3n) is 3.90. The van der Waals surface area contributed by atoms with Crippen LogP contribution >= 0.6 is 0 Å². The zero-order valence-corrected chi connectivity index (χ0v) is 11.6. The summed E-state index contributed by atoms with van der Waals surface area (Å²) in [5.41, 5.74) is 8.68. The van der Waals surface area contributed by atoms with Crippen LogP contribution in [0.2, 0.25) is 0 Å². The minimum absolute atomic E-state index is 0.209. The summed E-state index contributed by atoms with van der Waals surface area (Å²) in [4.78, 5) is 6.69. The van der Waals surface area contributed by atoms with Crippen molar-refractivity contribution < 1.29 is 0 Å². The molecule has 1 aliphatic rings. The van der Waals surface area contributed by atoms with E-state index in [1.54, 1.807) is 6.20 Å². The number of nitrogens with zero attached hydrogens (tertiary/aromatic N) is 3. The van der Waals surface area contributed by atoms with Gasteiger partial charge in [-0.05, 0) is 36.6 Å². The van der Waals surface area contributed by atoms with Gasteiger partial charge in [-0.3, -0.25) is 4.98 Å². The molecule has 2 heterocycles. The second-order valence-corrected chi connectivity index (χ2v) is 5.65. The molecule has 0 bridgehead atoms. The number of benzene rings is 1. The van der Waals surface area contributed by atoms with Gasteiger partial charge >= 0.3 is 0 Å². The van der Waals surface area contributed by atoms with Gasteiger partial charge in [-0.15, -0.1) is 0 Å². The van der Waals surface area contributed by atoms with Gasteiger partial charge in [0.1, 0.15) is 6.07 Å². The van der Waals surface area contributed by atoms with Crippen molar-refractivity contribution in [1.82, 2.24) is 4.98 Å². The molecule has 1 saturated heterocycles. The normalized spacial score (nSPS) is 22.8. The summed E-state index contributed by atoms with van der Waals surface area (Å²) in [5.74, 6) is 0.584. The van der Waals surface area contributed by atoms with E-state index in [0.29, 0.717) is 11.5 Å². The van der Waals surface area contributed by atoms with Gasteiger partial charge in [-0.1, -0.05) is 6.92 Å². The summed E-state index contributed by atoms with van der Waals surface area (Å²) in [6.45, 7) is 4.10. The van der Waals surface area contributed by atoms with Crippen molar-refractivity contribution in [3.05, 3.63) is 36.0 Å². The number of piperidine rings is 1. The van der Waals surface area contributed by atoms with Crippen LogP contribution in [-0.4, -0.2) is 24.1 Å². The summed E-state index contributed by atoms with van der Waals surface area (Å²) in [7, 11) is 0. The molecule has 3 rings (SSSR count). The van der Waals surface area contributed by atoms with Crippen molar-refractivity contribution in [2.75, 3.05) is 18.0 Å². The summed E-state index contributed by atoms with van der Waals surface area (Å²) in [6.07, 6.45) is 2.81. The van der Waals surface area contributed by atoms with Gasteiger partial charge < -0.3 is 10.6 Å². The first-order valence-corrected chi connectivity index (χ1v) is 6.97. The molecule has 0 unspecified atom stereocenters. The number of anilines is 1. The lowest BCUT2D eigenvalue weighted by Crippen LogP contribution is -2.46. The van der Waals surface area contributed by atoms with Crippen LogP contribution in [0, 0.1) is 17.2 Å². The monoisotopic (exact) mass is 266 g/mol. The molecule has 4 heteroatoms. The Morgan fingerprint density at radius 1 is 1.35 bits per heavy atom. The van der Waals surface area contributed by atoms with Gasteiger partial charge in [0.05, 0.1) is 11.1 Å². The Kier molecular flexibility index (Phi) is 3.29. The molecule has 0 radical (unpaired) electrons. The van der Waals surface area contributed by atoms with Crippen LogP contribution in [0.4, 0.5) is 5.69 Å². The average molecular weight is 266 g/mol. The lowest BCUT2D eigenvalue weighted by molar-refractivity contribution is 0.402. The van der Waals surface area contributed by atoms with Crippen LogP contribution in [0.3, 0.4) is 0 Å². The molecule has 1 aromatic carbocycles. The fourth-order valence-corrected chi connectivity index (χ4v) is 3.12. The van der Waals surface area contributed by atoms with Crippen molar-refractivity contribution in [3.63, 3.8) is 0 Å². The average Bonchev–Trinajstić information content (AvgIpc) is 2.45. The molecule has 0 aliphatic carbocycles. The van der Waals surface area contributed by atoms with Crippen LogP contribution in [0.25, 0.3) is 10.9 Å². The third-order valence-corrected chi connectivity index (χ3v) is 3.90. The molecule has 2 aromatic rings. The Morgan fingerprint density at radius 2 is 2.20 bits per heavy atom. The van der Waals surface area contributed by atoms with Crippen molar-refractivity contribution in [2.24, 2.45) is 11.7 Å². The van der Waals surface area contributed by atoms with E-state index in [4.69, 9.17) is 5.73 Å². The maximum atomic E-state index is 9.20. The van der Waals surface area contributed by atoms with Gasteiger partial charge in [0.15, 0.2) is 0 Å². The van der Waals surface area contributed by atoms with E-state index >= 15 is 0 Å². The van der Waals surface area contributed by atoms with Crippen LogP contribution in [0.15, 0.2) is 30.5 Å². The Morgan fingerprint density at radius 3 is 2.95 bits per heavy atom. The molecule has 1 fully saturated rings. The summed E-state index contributed by atoms with van der Waals surface area (Å²) in [6, 6.07) is 10.2. The van der Waals surface area contributed by atoms with Crippen LogP contribution in [0.5, 0.6) is 0 Å². The molecule has 20 heavy (non-hydrogen) atoms. The van der Waals surface area contributed by atoms with Gasteiger partial charge in [0.25, 0.3) is 0 Å². The Balaban J connectivity index is 2.11. The highest BCUT2D eigenvalue weighted by Gasteiger charge is 2.23. The quantitative estimate of drug-likeness (QED) is 0.860. The smallest absolute Gasteiger partial charge is 0.101 e. The minimum Gasteiger partial charge on any atom is -0.369 e. The fourth-order valence-electron chi connectivity index (χ4n) is 3.12. The molecule has 0 saturated carbocycles. The Labute approximate surface area is 118 Å². The molecular formula is C16H18N4. The highest BCUT2D eigenvalue weighted by Crippen LogP contribution is 2.30. The van der Waals surface area contributed by atoms with E-state index in [2.05, 4.69) is 22.9 Å². The molecule has 1 aliphatic heterocycles. The first kappa shape index (κ1) is 12.9.